The molecule has 14 heavy (non-hydrogen) atoms. The highest BCUT2D eigenvalue weighted by atomic mass is 16.4. The Morgan fingerprint density at radius 3 is 2.64 bits per heavy atom. The normalized spacial score (nSPS) is 12.8. The summed E-state index contributed by atoms with van der Waals surface area (Å²) in [6.45, 7) is 3.89. The van der Waals surface area contributed by atoms with Gasteiger partial charge in [-0.3, -0.25) is 9.89 Å². The molecule has 0 aliphatic heterocycles. The van der Waals surface area contributed by atoms with Crippen molar-refractivity contribution in [2.75, 3.05) is 6.54 Å². The van der Waals surface area contributed by atoms with Crippen molar-refractivity contribution in [1.82, 2.24) is 10.2 Å². The van der Waals surface area contributed by atoms with Crippen LogP contribution in [0.2, 0.25) is 0 Å². The molecule has 5 heteroatoms. The van der Waals surface area contributed by atoms with E-state index in [1.54, 1.807) is 0 Å². The fourth-order valence-corrected chi connectivity index (χ4v) is 1.39. The molecule has 5 nitrogen and oxygen atoms in total. The molecule has 4 N–H and O–H groups in total. The Bertz CT molecular complexity index is 313. The molecule has 0 aliphatic rings. The van der Waals surface area contributed by atoms with Crippen LogP contribution >= 0.6 is 0 Å². The lowest BCUT2D eigenvalue weighted by Crippen LogP contribution is -2.25. The second-order valence-electron chi connectivity index (χ2n) is 3.39. The molecule has 0 radical (unpaired) electrons. The minimum absolute atomic E-state index is 0.152. The first-order chi connectivity index (χ1) is 6.56. The third kappa shape index (κ3) is 2.11. The van der Waals surface area contributed by atoms with Crippen LogP contribution in [0.3, 0.4) is 0 Å². The number of aromatic amines is 1. The summed E-state index contributed by atoms with van der Waals surface area (Å²) in [5.74, 6) is -1.38. The molecule has 0 saturated carbocycles. The van der Waals surface area contributed by atoms with E-state index in [4.69, 9.17) is 10.8 Å². The molecule has 0 aromatic carbocycles. The number of nitrogens with one attached hydrogen (secondary N) is 1. The second kappa shape index (κ2) is 4.23. The monoisotopic (exact) mass is 197 g/mol. The lowest BCUT2D eigenvalue weighted by atomic mass is 9.98. The molecule has 0 saturated heterocycles. The van der Waals surface area contributed by atoms with Crippen molar-refractivity contribution in [2.45, 2.75) is 20.3 Å². The highest BCUT2D eigenvalue weighted by molar-refractivity contribution is 5.70. The van der Waals surface area contributed by atoms with Crippen LogP contribution in [0.15, 0.2) is 0 Å². The number of rotatable bonds is 4. The second-order valence-corrected chi connectivity index (χ2v) is 3.39. The first kappa shape index (κ1) is 10.7. The average Bonchev–Trinajstić information content (AvgIpc) is 2.43. The van der Waals surface area contributed by atoms with Crippen LogP contribution in [0.4, 0.5) is 0 Å². The van der Waals surface area contributed by atoms with Gasteiger partial charge in [0.25, 0.3) is 0 Å². The Hall–Kier alpha value is -1.36. The molecule has 1 unspecified atom stereocenters. The predicted octanol–water partition coefficient (Wildman–Crippen LogP) is 0.229. The molecule has 1 aromatic rings. The zero-order chi connectivity index (χ0) is 10.7. The fraction of sp³-hybridized carbons (Fsp3) is 0.556. The Labute approximate surface area is 82.3 Å². The van der Waals surface area contributed by atoms with Crippen LogP contribution in [0.1, 0.15) is 17.0 Å². The maximum absolute atomic E-state index is 10.8. The maximum Gasteiger partial charge on any atom is 0.308 e. The van der Waals surface area contributed by atoms with E-state index in [1.165, 1.54) is 0 Å². The van der Waals surface area contributed by atoms with Crippen molar-refractivity contribution in [2.24, 2.45) is 11.7 Å². The summed E-state index contributed by atoms with van der Waals surface area (Å²) < 4.78 is 0. The summed E-state index contributed by atoms with van der Waals surface area (Å²) >= 11 is 0. The number of hydrogen-bond donors (Lipinski definition) is 3. The maximum atomic E-state index is 10.8. The standard InChI is InChI=1S/C9H15N3O2/c1-5-8(6(2)12-11-5)3-7(4-10)9(13)14/h7H,3-4,10H2,1-2H3,(H,11,12)(H,13,14). The fourth-order valence-electron chi connectivity index (χ4n) is 1.39. The largest absolute Gasteiger partial charge is 0.481 e. The third-order valence-electron chi connectivity index (χ3n) is 2.36. The van der Waals surface area contributed by atoms with Crippen molar-refractivity contribution in [3.05, 3.63) is 17.0 Å². The van der Waals surface area contributed by atoms with Gasteiger partial charge in [0.05, 0.1) is 11.6 Å². The molecule has 0 bridgehead atoms. The van der Waals surface area contributed by atoms with E-state index in [2.05, 4.69) is 10.2 Å². The smallest absolute Gasteiger partial charge is 0.308 e. The summed E-state index contributed by atoms with van der Waals surface area (Å²) in [5.41, 5.74) is 8.11. The van der Waals surface area contributed by atoms with Crippen molar-refractivity contribution in [3.8, 4) is 0 Å². The molecule has 1 aromatic heterocycles. The first-order valence-corrected chi connectivity index (χ1v) is 4.49. The van der Waals surface area contributed by atoms with Crippen LogP contribution in [-0.4, -0.2) is 27.8 Å². The van der Waals surface area contributed by atoms with Crippen LogP contribution < -0.4 is 5.73 Å². The van der Waals surface area contributed by atoms with E-state index in [0.717, 1.165) is 17.0 Å². The van der Waals surface area contributed by atoms with Gasteiger partial charge in [-0.25, -0.2) is 0 Å². The Kier molecular flexibility index (Phi) is 3.24. The highest BCUT2D eigenvalue weighted by Gasteiger charge is 2.19. The van der Waals surface area contributed by atoms with Gasteiger partial charge in [-0.2, -0.15) is 5.10 Å². The summed E-state index contributed by atoms with van der Waals surface area (Å²) in [4.78, 5) is 10.8. The summed E-state index contributed by atoms with van der Waals surface area (Å²) in [7, 11) is 0. The third-order valence-corrected chi connectivity index (χ3v) is 2.36. The number of carboxylic acids is 1. The summed E-state index contributed by atoms with van der Waals surface area (Å²) in [6.07, 6.45) is 0.444. The highest BCUT2D eigenvalue weighted by Crippen LogP contribution is 2.14. The van der Waals surface area contributed by atoms with Crippen LogP contribution in [0, 0.1) is 19.8 Å². The van der Waals surface area contributed by atoms with Gasteiger partial charge >= 0.3 is 5.97 Å². The molecule has 78 valence electrons. The summed E-state index contributed by atoms with van der Waals surface area (Å²) in [5, 5.41) is 15.7. The Balaban J connectivity index is 2.81. The molecule has 0 amide bonds. The molecular formula is C9H15N3O2. The van der Waals surface area contributed by atoms with E-state index >= 15 is 0 Å². The molecule has 1 heterocycles. The molecule has 1 atom stereocenters. The number of hydrogen-bond acceptors (Lipinski definition) is 3. The van der Waals surface area contributed by atoms with Gasteiger partial charge in [0.1, 0.15) is 0 Å². The number of carboxylic acid groups (broad SMARTS) is 1. The number of aliphatic carboxylic acids is 1. The SMILES string of the molecule is Cc1n[nH]c(C)c1CC(CN)C(=O)O. The zero-order valence-electron chi connectivity index (χ0n) is 8.37. The van der Waals surface area contributed by atoms with E-state index < -0.39 is 11.9 Å². The molecule has 0 spiro atoms. The van der Waals surface area contributed by atoms with E-state index in [9.17, 15) is 4.79 Å². The van der Waals surface area contributed by atoms with Gasteiger partial charge < -0.3 is 10.8 Å². The molecule has 1 rings (SSSR count). The minimum Gasteiger partial charge on any atom is -0.481 e. The lowest BCUT2D eigenvalue weighted by Gasteiger charge is -2.09. The quantitative estimate of drug-likeness (QED) is 0.644. The van der Waals surface area contributed by atoms with Crippen molar-refractivity contribution < 1.29 is 9.90 Å². The van der Waals surface area contributed by atoms with Gasteiger partial charge in [0.15, 0.2) is 0 Å². The van der Waals surface area contributed by atoms with Crippen LogP contribution in [0.25, 0.3) is 0 Å². The number of aromatic nitrogens is 2. The number of aryl methyl sites for hydroxylation is 2. The van der Waals surface area contributed by atoms with Gasteiger partial charge in [-0.05, 0) is 25.8 Å². The molecule has 0 aliphatic carbocycles. The Morgan fingerprint density at radius 1 is 1.64 bits per heavy atom. The van der Waals surface area contributed by atoms with Gasteiger partial charge in [-0.15, -0.1) is 0 Å². The number of H-pyrrole nitrogens is 1. The lowest BCUT2D eigenvalue weighted by molar-refractivity contribution is -0.141. The van der Waals surface area contributed by atoms with Crippen molar-refractivity contribution in [1.29, 1.82) is 0 Å². The number of nitrogens with zero attached hydrogens (tertiary/aromatic N) is 1. The van der Waals surface area contributed by atoms with Gasteiger partial charge in [0, 0.05) is 12.2 Å². The number of nitrogens with two attached hydrogens (primary N) is 1. The van der Waals surface area contributed by atoms with Crippen molar-refractivity contribution in [3.63, 3.8) is 0 Å². The zero-order valence-corrected chi connectivity index (χ0v) is 8.37. The van der Waals surface area contributed by atoms with E-state index in [-0.39, 0.29) is 6.54 Å². The van der Waals surface area contributed by atoms with Crippen molar-refractivity contribution >= 4 is 5.97 Å². The molecule has 0 fully saturated rings. The van der Waals surface area contributed by atoms with E-state index in [0.29, 0.717) is 6.42 Å². The number of carbonyl (C=O) groups is 1. The minimum atomic E-state index is -0.854. The van der Waals surface area contributed by atoms with Crippen LogP contribution in [-0.2, 0) is 11.2 Å². The van der Waals surface area contributed by atoms with Gasteiger partial charge in [-0.1, -0.05) is 0 Å². The van der Waals surface area contributed by atoms with Gasteiger partial charge in [0.2, 0.25) is 0 Å². The summed E-state index contributed by atoms with van der Waals surface area (Å²) in [6, 6.07) is 0. The van der Waals surface area contributed by atoms with Crippen LogP contribution in [0.5, 0.6) is 0 Å². The average molecular weight is 197 g/mol. The predicted molar refractivity (Wildman–Crippen MR) is 51.9 cm³/mol. The molecular weight excluding hydrogens is 182 g/mol. The first-order valence-electron chi connectivity index (χ1n) is 4.49. The topological polar surface area (TPSA) is 92.0 Å². The Morgan fingerprint density at radius 2 is 2.29 bits per heavy atom. The van der Waals surface area contributed by atoms with E-state index in [1.807, 2.05) is 13.8 Å².